The van der Waals surface area contributed by atoms with E-state index in [0.29, 0.717) is 29.3 Å². The van der Waals surface area contributed by atoms with Gasteiger partial charge >= 0.3 is 0 Å². The normalized spacial score (nSPS) is 38.5. The first-order chi connectivity index (χ1) is 18.8. The molecule has 0 radical (unpaired) electrons. The summed E-state index contributed by atoms with van der Waals surface area (Å²) in [6.45, 7) is 14.5. The first kappa shape index (κ1) is 31.3. The highest BCUT2D eigenvalue weighted by Crippen LogP contribution is 2.68. The summed E-state index contributed by atoms with van der Waals surface area (Å²) >= 11 is 0. The molecule has 0 aromatic carbocycles. The molecule has 4 aliphatic carbocycles. The van der Waals surface area contributed by atoms with Gasteiger partial charge in [0.15, 0.2) is 0 Å². The van der Waals surface area contributed by atoms with Crippen LogP contribution in [0.5, 0.6) is 0 Å². The Kier molecular flexibility index (Phi) is 11.6. The summed E-state index contributed by atoms with van der Waals surface area (Å²) in [5, 5.41) is 6.62. The van der Waals surface area contributed by atoms with E-state index in [0.717, 1.165) is 94.5 Å². The third kappa shape index (κ3) is 7.23. The lowest BCUT2D eigenvalue weighted by Gasteiger charge is -2.61. The van der Waals surface area contributed by atoms with Gasteiger partial charge in [-0.2, -0.15) is 0 Å². The van der Waals surface area contributed by atoms with Gasteiger partial charge in [-0.3, -0.25) is 4.79 Å². The van der Waals surface area contributed by atoms with Crippen molar-refractivity contribution < 1.29 is 9.53 Å². The number of hydrogen-bond donors (Lipinski definition) is 3. The highest BCUT2D eigenvalue weighted by molar-refractivity contribution is 5.75. The Morgan fingerprint density at radius 3 is 2.51 bits per heavy atom. The van der Waals surface area contributed by atoms with Crippen LogP contribution in [0.1, 0.15) is 124 Å². The Bertz CT molecular complexity index is 761. The maximum atomic E-state index is 12.6. The number of ether oxygens (including phenoxy) is 1. The molecule has 0 aromatic heterocycles. The lowest BCUT2D eigenvalue weighted by Crippen LogP contribution is -2.54. The van der Waals surface area contributed by atoms with Crippen molar-refractivity contribution >= 4 is 5.91 Å². The number of unbranched alkanes of at least 4 members (excludes halogenated alkanes) is 1. The molecule has 9 atom stereocenters. The maximum absolute atomic E-state index is 12.6. The standard InChI is InChI=1S/C34H63N3O2/c1-5-23-39-27-15-17-33(3)26(24-27)10-11-28-30-13-12-29(34(30,4)18-16-31(28)33)25(2)9-14-32(38)37-22-8-21-36-20-7-6-19-35/h25-31,36H,5-24,35H2,1-4H3,(H,37,38)/t25-,26-,27-,28+,29-,30+,31+,33+,34-/m1/s1. The maximum Gasteiger partial charge on any atom is 0.220 e. The quantitative estimate of drug-likeness (QED) is 0.200. The van der Waals surface area contributed by atoms with Crippen LogP contribution in [0.4, 0.5) is 0 Å². The van der Waals surface area contributed by atoms with Gasteiger partial charge in [0.2, 0.25) is 5.91 Å². The fraction of sp³-hybridized carbons (Fsp3) is 0.971. The second-order valence-corrected chi connectivity index (χ2v) is 14.6. The molecular weight excluding hydrogens is 482 g/mol. The molecule has 1 amide bonds. The number of amides is 1. The van der Waals surface area contributed by atoms with E-state index < -0.39 is 0 Å². The Hall–Kier alpha value is -0.650. The molecule has 4 rings (SSSR count). The number of carbonyl (C=O) groups excluding carboxylic acids is 1. The van der Waals surface area contributed by atoms with Crippen molar-refractivity contribution in [1.82, 2.24) is 10.6 Å². The monoisotopic (exact) mass is 545 g/mol. The molecule has 0 saturated heterocycles. The third-order valence-corrected chi connectivity index (χ3v) is 12.4. The summed E-state index contributed by atoms with van der Waals surface area (Å²) in [7, 11) is 0. The van der Waals surface area contributed by atoms with Crippen LogP contribution < -0.4 is 16.4 Å². The number of nitrogens with two attached hydrogens (primary N) is 1. The Labute approximate surface area is 240 Å². The van der Waals surface area contributed by atoms with Crippen molar-refractivity contribution in [2.75, 3.05) is 32.8 Å². The van der Waals surface area contributed by atoms with Crippen LogP contribution in [0.2, 0.25) is 0 Å². The predicted octanol–water partition coefficient (Wildman–Crippen LogP) is 6.69. The molecule has 39 heavy (non-hydrogen) atoms. The van der Waals surface area contributed by atoms with E-state index >= 15 is 0 Å². The van der Waals surface area contributed by atoms with E-state index in [1.165, 1.54) is 57.8 Å². The van der Waals surface area contributed by atoms with Crippen LogP contribution in [-0.4, -0.2) is 44.8 Å². The van der Waals surface area contributed by atoms with Crippen molar-refractivity contribution in [1.29, 1.82) is 0 Å². The van der Waals surface area contributed by atoms with E-state index in [4.69, 9.17) is 10.5 Å². The number of nitrogens with one attached hydrogen (secondary N) is 2. The predicted molar refractivity (Wildman–Crippen MR) is 162 cm³/mol. The van der Waals surface area contributed by atoms with Crippen LogP contribution in [0, 0.1) is 46.3 Å². The van der Waals surface area contributed by atoms with Crippen LogP contribution in [0.25, 0.3) is 0 Å². The van der Waals surface area contributed by atoms with Gasteiger partial charge in [-0.05, 0) is 156 Å². The van der Waals surface area contributed by atoms with Gasteiger partial charge in [0, 0.05) is 19.6 Å². The van der Waals surface area contributed by atoms with Gasteiger partial charge in [-0.25, -0.2) is 0 Å². The van der Waals surface area contributed by atoms with Crippen LogP contribution in [0.3, 0.4) is 0 Å². The Balaban J connectivity index is 1.22. The van der Waals surface area contributed by atoms with E-state index in [1.54, 1.807) is 0 Å². The van der Waals surface area contributed by atoms with Crippen LogP contribution in [-0.2, 0) is 9.53 Å². The molecule has 0 aromatic rings. The van der Waals surface area contributed by atoms with Crippen molar-refractivity contribution in [3.63, 3.8) is 0 Å². The van der Waals surface area contributed by atoms with Crippen molar-refractivity contribution in [2.45, 2.75) is 130 Å². The average molecular weight is 546 g/mol. The highest BCUT2D eigenvalue weighted by atomic mass is 16.5. The molecule has 5 nitrogen and oxygen atoms in total. The molecular formula is C34H63N3O2. The molecule has 226 valence electrons. The summed E-state index contributed by atoms with van der Waals surface area (Å²) < 4.78 is 6.24. The largest absolute Gasteiger partial charge is 0.378 e. The SMILES string of the molecule is CCCO[C@@H]1CC[C@@]2(C)[C@H](CC[C@@H]3[C@@H]2CC[C@]2(C)[C@@H]([C@H](C)CCC(=O)NCCCNCCCCN)CC[C@@H]32)C1. The molecule has 0 bridgehead atoms. The van der Waals surface area contributed by atoms with E-state index in [9.17, 15) is 4.79 Å². The van der Waals surface area contributed by atoms with Crippen molar-refractivity contribution in [3.8, 4) is 0 Å². The minimum atomic E-state index is 0.248. The molecule has 0 spiro atoms. The Morgan fingerprint density at radius 2 is 1.72 bits per heavy atom. The molecule has 0 heterocycles. The van der Waals surface area contributed by atoms with Gasteiger partial charge in [0.1, 0.15) is 0 Å². The zero-order valence-electron chi connectivity index (χ0n) is 26.1. The zero-order valence-corrected chi connectivity index (χ0v) is 26.1. The summed E-state index contributed by atoms with van der Waals surface area (Å²) in [5.41, 5.74) is 6.57. The van der Waals surface area contributed by atoms with Gasteiger partial charge in [0.05, 0.1) is 6.10 Å². The lowest BCUT2D eigenvalue weighted by molar-refractivity contribution is -0.137. The summed E-state index contributed by atoms with van der Waals surface area (Å²) in [5.74, 6) is 5.32. The fourth-order valence-corrected chi connectivity index (χ4v) is 10.2. The lowest BCUT2D eigenvalue weighted by atomic mass is 9.44. The first-order valence-electron chi connectivity index (χ1n) is 17.1. The third-order valence-electron chi connectivity index (χ3n) is 12.4. The molecule has 4 saturated carbocycles. The molecule has 0 aliphatic heterocycles. The summed E-state index contributed by atoms with van der Waals surface area (Å²) in [4.78, 5) is 12.6. The number of rotatable bonds is 15. The van der Waals surface area contributed by atoms with Gasteiger partial charge < -0.3 is 21.1 Å². The number of fused-ring (bicyclic) bond motifs is 5. The first-order valence-corrected chi connectivity index (χ1v) is 17.1. The van der Waals surface area contributed by atoms with Crippen molar-refractivity contribution in [3.05, 3.63) is 0 Å². The van der Waals surface area contributed by atoms with Crippen LogP contribution in [0.15, 0.2) is 0 Å². The second-order valence-electron chi connectivity index (χ2n) is 14.6. The second kappa shape index (κ2) is 14.5. The summed E-state index contributed by atoms with van der Waals surface area (Å²) in [6, 6.07) is 0. The smallest absolute Gasteiger partial charge is 0.220 e. The number of carbonyl (C=O) groups is 1. The number of hydrogen-bond acceptors (Lipinski definition) is 4. The molecule has 0 unspecified atom stereocenters. The van der Waals surface area contributed by atoms with E-state index in [2.05, 4.69) is 38.3 Å². The van der Waals surface area contributed by atoms with Gasteiger partial charge in [-0.15, -0.1) is 0 Å². The van der Waals surface area contributed by atoms with Gasteiger partial charge in [0.25, 0.3) is 0 Å². The topological polar surface area (TPSA) is 76.4 Å². The molecule has 4 fully saturated rings. The Morgan fingerprint density at radius 1 is 0.949 bits per heavy atom. The fourth-order valence-electron chi connectivity index (χ4n) is 10.2. The van der Waals surface area contributed by atoms with E-state index in [-0.39, 0.29) is 5.91 Å². The molecule has 4 aliphatic rings. The average Bonchev–Trinajstić information content (AvgIpc) is 3.29. The van der Waals surface area contributed by atoms with E-state index in [1.807, 2.05) is 0 Å². The van der Waals surface area contributed by atoms with Gasteiger partial charge in [-0.1, -0.05) is 27.7 Å². The molecule has 4 N–H and O–H groups in total. The zero-order chi connectivity index (χ0) is 27.9. The minimum Gasteiger partial charge on any atom is -0.378 e. The minimum absolute atomic E-state index is 0.248. The molecule has 5 heteroatoms. The van der Waals surface area contributed by atoms with Crippen LogP contribution >= 0.6 is 0 Å². The van der Waals surface area contributed by atoms with Crippen molar-refractivity contribution in [2.24, 2.45) is 52.1 Å². The highest BCUT2D eigenvalue weighted by Gasteiger charge is 2.60. The summed E-state index contributed by atoms with van der Waals surface area (Å²) in [6.07, 6.45) is 19.2.